The van der Waals surface area contributed by atoms with Gasteiger partial charge < -0.3 is 0 Å². The van der Waals surface area contributed by atoms with E-state index in [9.17, 15) is 14.4 Å². The van der Waals surface area contributed by atoms with Crippen molar-refractivity contribution in [3.05, 3.63) is 101 Å². The average molecular weight is 435 g/mol. The van der Waals surface area contributed by atoms with Crippen LogP contribution in [-0.2, 0) is 9.59 Å². The zero-order valence-electron chi connectivity index (χ0n) is 18.0. The van der Waals surface area contributed by atoms with Gasteiger partial charge in [-0.3, -0.25) is 19.4 Å². The third-order valence-corrected chi connectivity index (χ3v) is 6.91. The van der Waals surface area contributed by atoms with Gasteiger partial charge in [0, 0.05) is 5.56 Å². The van der Waals surface area contributed by atoms with Gasteiger partial charge in [0.05, 0.1) is 29.8 Å². The second kappa shape index (κ2) is 7.24. The summed E-state index contributed by atoms with van der Waals surface area (Å²) >= 11 is 0. The summed E-state index contributed by atoms with van der Waals surface area (Å²) in [6.45, 7) is 1.95. The van der Waals surface area contributed by atoms with E-state index in [-0.39, 0.29) is 17.6 Å². The summed E-state index contributed by atoms with van der Waals surface area (Å²) in [6, 6.07) is 22.6. The van der Waals surface area contributed by atoms with Crippen LogP contribution in [0, 0.1) is 18.8 Å². The summed E-state index contributed by atoms with van der Waals surface area (Å²) in [7, 11) is 0. The number of benzene rings is 3. The minimum absolute atomic E-state index is 0.198. The summed E-state index contributed by atoms with van der Waals surface area (Å²) < 4.78 is 0. The predicted octanol–water partition coefficient (Wildman–Crippen LogP) is 3.76. The highest BCUT2D eigenvalue weighted by Crippen LogP contribution is 2.53. The van der Waals surface area contributed by atoms with Gasteiger partial charge in [0.15, 0.2) is 5.78 Å². The van der Waals surface area contributed by atoms with Crippen molar-refractivity contribution in [3.63, 3.8) is 0 Å². The van der Waals surface area contributed by atoms with Crippen LogP contribution in [0.25, 0.3) is 0 Å². The maximum atomic E-state index is 13.8. The Morgan fingerprint density at radius 1 is 0.818 bits per heavy atom. The Morgan fingerprint density at radius 2 is 1.48 bits per heavy atom. The van der Waals surface area contributed by atoms with E-state index in [0.29, 0.717) is 11.3 Å². The summed E-state index contributed by atoms with van der Waals surface area (Å²) in [5.74, 6) is -2.31. The monoisotopic (exact) mass is 435 g/mol. The Balaban J connectivity index is 1.50. The average Bonchev–Trinajstić information content (AvgIpc) is 3.32. The minimum Gasteiger partial charge on any atom is -0.292 e. The highest BCUT2D eigenvalue weighted by Gasteiger charge is 2.65. The van der Waals surface area contributed by atoms with E-state index in [0.717, 1.165) is 16.7 Å². The van der Waals surface area contributed by atoms with Crippen LogP contribution in [0.15, 0.2) is 84.0 Å². The molecule has 3 aliphatic rings. The number of aryl methyl sites for hydroxylation is 1. The van der Waals surface area contributed by atoms with E-state index in [1.807, 2.05) is 49.4 Å². The molecule has 0 unspecified atom stereocenters. The third-order valence-electron chi connectivity index (χ3n) is 6.91. The topological polar surface area (TPSA) is 70.1 Å². The van der Waals surface area contributed by atoms with Crippen LogP contribution in [0.4, 0.5) is 5.69 Å². The van der Waals surface area contributed by atoms with E-state index >= 15 is 0 Å². The van der Waals surface area contributed by atoms with Crippen LogP contribution in [-0.4, -0.2) is 34.9 Å². The van der Waals surface area contributed by atoms with Crippen molar-refractivity contribution in [1.29, 1.82) is 0 Å². The molecule has 2 amide bonds. The number of imide groups is 1. The molecule has 0 N–H and O–H groups in total. The fraction of sp³-hybridized carbons (Fsp3) is 0.185. The molecule has 6 nitrogen and oxygen atoms in total. The number of hydrazone groups is 1. The second-order valence-corrected chi connectivity index (χ2v) is 8.77. The first-order chi connectivity index (χ1) is 16.1. The fourth-order valence-corrected chi connectivity index (χ4v) is 5.39. The highest BCUT2D eigenvalue weighted by atomic mass is 16.2. The minimum atomic E-state index is -0.848. The van der Waals surface area contributed by atoms with E-state index in [2.05, 4.69) is 5.10 Å². The van der Waals surface area contributed by atoms with Gasteiger partial charge >= 0.3 is 0 Å². The van der Waals surface area contributed by atoms with Gasteiger partial charge in [-0.25, -0.2) is 4.90 Å². The molecule has 162 valence electrons. The zero-order valence-corrected chi connectivity index (χ0v) is 18.0. The number of carbonyl (C=O) groups excluding carboxylic acids is 3. The van der Waals surface area contributed by atoms with Crippen molar-refractivity contribution in [2.45, 2.75) is 19.0 Å². The maximum absolute atomic E-state index is 13.8. The van der Waals surface area contributed by atoms with E-state index in [1.54, 1.807) is 47.6 Å². The lowest BCUT2D eigenvalue weighted by Crippen LogP contribution is -2.44. The Kier molecular flexibility index (Phi) is 4.30. The molecule has 3 aliphatic heterocycles. The summed E-state index contributed by atoms with van der Waals surface area (Å²) in [4.78, 5) is 42.5. The van der Waals surface area contributed by atoms with Crippen LogP contribution >= 0.6 is 0 Å². The number of ketones is 1. The molecular weight excluding hydrogens is 414 g/mol. The van der Waals surface area contributed by atoms with E-state index in [1.165, 1.54) is 4.90 Å². The van der Waals surface area contributed by atoms with Crippen molar-refractivity contribution >= 4 is 29.5 Å². The van der Waals surface area contributed by atoms with Gasteiger partial charge in [0.1, 0.15) is 6.04 Å². The predicted molar refractivity (Wildman–Crippen MR) is 124 cm³/mol. The van der Waals surface area contributed by atoms with Gasteiger partial charge in [-0.1, -0.05) is 72.3 Å². The third kappa shape index (κ3) is 2.80. The molecular formula is C27H21N3O3. The fourth-order valence-electron chi connectivity index (χ4n) is 5.39. The molecule has 0 spiro atoms. The number of hydrogen-bond donors (Lipinski definition) is 0. The van der Waals surface area contributed by atoms with Gasteiger partial charge in [-0.05, 0) is 30.2 Å². The Labute approximate surface area is 191 Å². The summed E-state index contributed by atoms with van der Waals surface area (Å²) in [5.41, 5.74) is 3.90. The molecule has 0 radical (unpaired) electrons. The molecule has 6 rings (SSSR count). The van der Waals surface area contributed by atoms with Crippen LogP contribution in [0.3, 0.4) is 0 Å². The number of hydrogen-bond acceptors (Lipinski definition) is 5. The van der Waals surface area contributed by atoms with Crippen LogP contribution in [0.5, 0.6) is 0 Å². The number of carbonyl (C=O) groups is 3. The van der Waals surface area contributed by atoms with Gasteiger partial charge in [0.25, 0.3) is 0 Å². The summed E-state index contributed by atoms with van der Waals surface area (Å²) in [5, 5.41) is 6.28. The molecule has 4 atom stereocenters. The Hall–Kier alpha value is -4.06. The van der Waals surface area contributed by atoms with Crippen molar-refractivity contribution < 1.29 is 14.4 Å². The van der Waals surface area contributed by atoms with Gasteiger partial charge in [-0.15, -0.1) is 0 Å². The molecule has 0 aliphatic carbocycles. The number of anilines is 1. The lowest BCUT2D eigenvalue weighted by atomic mass is 9.83. The first kappa shape index (κ1) is 19.6. The first-order valence-electron chi connectivity index (χ1n) is 11.0. The van der Waals surface area contributed by atoms with Crippen molar-refractivity contribution in [3.8, 4) is 0 Å². The molecule has 2 fully saturated rings. The zero-order chi connectivity index (χ0) is 22.7. The maximum Gasteiger partial charge on any atom is 0.240 e. The smallest absolute Gasteiger partial charge is 0.240 e. The standard InChI is InChI=1S/C27H21N3O3/c1-16-11-13-19(14-12-16)29-26(32)21-22(27(29)33)24(25(31)17-7-3-2-4-8-17)30-23(21)20-10-6-5-9-18(20)15-28-30/h2-15,21-24H,1H3/t21-,22+,23+,24-/m1/s1. The number of rotatable bonds is 3. The van der Waals surface area contributed by atoms with Crippen LogP contribution in [0.1, 0.15) is 33.1 Å². The molecule has 33 heavy (non-hydrogen) atoms. The van der Waals surface area contributed by atoms with Crippen molar-refractivity contribution in [1.82, 2.24) is 5.01 Å². The number of Topliss-reactive ketones (excluding diaryl/α,β-unsaturated/α-hetero) is 1. The van der Waals surface area contributed by atoms with Crippen LogP contribution in [0.2, 0.25) is 0 Å². The molecule has 0 bridgehead atoms. The SMILES string of the molecule is Cc1ccc(N2C(=O)[C@@H]3[C@H](C2=O)[C@H](C(=O)c2ccccc2)N2N=Cc4ccccc4[C@@H]32)cc1. The largest absolute Gasteiger partial charge is 0.292 e. The number of amides is 2. The van der Waals surface area contributed by atoms with Gasteiger partial charge in [-0.2, -0.15) is 5.10 Å². The molecule has 3 heterocycles. The lowest BCUT2D eigenvalue weighted by Gasteiger charge is -2.33. The normalized spacial score (nSPS) is 25.1. The van der Waals surface area contributed by atoms with Crippen LogP contribution < -0.4 is 4.90 Å². The number of fused-ring (bicyclic) bond motifs is 5. The van der Waals surface area contributed by atoms with E-state index < -0.39 is 23.9 Å². The Morgan fingerprint density at radius 3 is 2.24 bits per heavy atom. The molecule has 3 aromatic carbocycles. The lowest BCUT2D eigenvalue weighted by molar-refractivity contribution is -0.124. The number of nitrogens with zero attached hydrogens (tertiary/aromatic N) is 3. The van der Waals surface area contributed by atoms with Gasteiger partial charge in [0.2, 0.25) is 11.8 Å². The molecule has 0 saturated carbocycles. The second-order valence-electron chi connectivity index (χ2n) is 8.77. The van der Waals surface area contributed by atoms with Crippen molar-refractivity contribution in [2.75, 3.05) is 4.90 Å². The molecule has 3 aromatic rings. The first-order valence-corrected chi connectivity index (χ1v) is 11.0. The molecule has 2 saturated heterocycles. The summed E-state index contributed by atoms with van der Waals surface area (Å²) in [6.07, 6.45) is 1.71. The molecule has 0 aromatic heterocycles. The quantitative estimate of drug-likeness (QED) is 0.464. The van der Waals surface area contributed by atoms with Crippen molar-refractivity contribution in [2.24, 2.45) is 16.9 Å². The van der Waals surface area contributed by atoms with E-state index in [4.69, 9.17) is 0 Å². The highest BCUT2D eigenvalue weighted by molar-refractivity contribution is 6.24. The molecule has 6 heteroatoms. The Bertz CT molecular complexity index is 1320.